The van der Waals surface area contributed by atoms with Gasteiger partial charge in [0, 0.05) is 25.7 Å². The first kappa shape index (κ1) is 17.4. The van der Waals surface area contributed by atoms with Gasteiger partial charge in [-0.05, 0) is 12.3 Å². The quantitative estimate of drug-likeness (QED) is 0.681. The third kappa shape index (κ3) is 6.08. The molecule has 1 aromatic rings. The van der Waals surface area contributed by atoms with Crippen molar-refractivity contribution < 1.29 is 14.6 Å². The van der Waals surface area contributed by atoms with Crippen LogP contribution in [0, 0.1) is 5.92 Å². The molecule has 1 rings (SSSR count). The molecule has 6 nitrogen and oxygen atoms in total. The Morgan fingerprint density at radius 3 is 2.67 bits per heavy atom. The summed E-state index contributed by atoms with van der Waals surface area (Å²) in [5.41, 5.74) is 0.479. The minimum Gasteiger partial charge on any atom is -0.476 e. The molecule has 118 valence electrons. The Morgan fingerprint density at radius 2 is 2.10 bits per heavy atom. The molecule has 0 spiro atoms. The predicted octanol–water partition coefficient (Wildman–Crippen LogP) is 2.77. The van der Waals surface area contributed by atoms with Crippen molar-refractivity contribution in [2.75, 3.05) is 25.1 Å². The van der Waals surface area contributed by atoms with Gasteiger partial charge >= 0.3 is 5.97 Å². The molecule has 0 aromatic carbocycles. The molecule has 0 aliphatic carbocycles. The second-order valence-corrected chi connectivity index (χ2v) is 5.70. The van der Waals surface area contributed by atoms with E-state index in [2.05, 4.69) is 29.1 Å². The molecule has 1 aromatic heterocycles. The van der Waals surface area contributed by atoms with E-state index in [1.807, 2.05) is 13.8 Å². The van der Waals surface area contributed by atoms with E-state index in [9.17, 15) is 9.90 Å². The van der Waals surface area contributed by atoms with Crippen LogP contribution >= 0.6 is 0 Å². The van der Waals surface area contributed by atoms with Gasteiger partial charge in [0.15, 0.2) is 5.69 Å². The molecule has 0 radical (unpaired) electrons. The number of carboxylic acids is 1. The summed E-state index contributed by atoms with van der Waals surface area (Å²) in [6, 6.07) is 0. The number of hydrogen-bond donors (Lipinski definition) is 2. The van der Waals surface area contributed by atoms with E-state index in [4.69, 9.17) is 4.74 Å². The van der Waals surface area contributed by atoms with Crippen LogP contribution in [-0.2, 0) is 4.74 Å². The summed E-state index contributed by atoms with van der Waals surface area (Å²) < 4.78 is 5.47. The van der Waals surface area contributed by atoms with Crippen molar-refractivity contribution in [1.82, 2.24) is 9.97 Å². The molecular formula is C15H25N3O3. The number of ether oxygens (including phenoxy) is 1. The van der Waals surface area contributed by atoms with Gasteiger partial charge in [0.1, 0.15) is 5.82 Å². The Hall–Kier alpha value is -1.69. The lowest BCUT2D eigenvalue weighted by Gasteiger charge is -2.11. The molecule has 1 heterocycles. The monoisotopic (exact) mass is 295 g/mol. The molecule has 0 saturated carbocycles. The van der Waals surface area contributed by atoms with Gasteiger partial charge in [-0.2, -0.15) is 0 Å². The third-order valence-corrected chi connectivity index (χ3v) is 2.76. The maximum Gasteiger partial charge on any atom is 0.356 e. The van der Waals surface area contributed by atoms with Crippen molar-refractivity contribution in [3.63, 3.8) is 0 Å². The smallest absolute Gasteiger partial charge is 0.356 e. The van der Waals surface area contributed by atoms with Crippen molar-refractivity contribution in [3.8, 4) is 0 Å². The number of rotatable bonds is 9. The van der Waals surface area contributed by atoms with Crippen LogP contribution < -0.4 is 5.32 Å². The molecule has 0 saturated heterocycles. The third-order valence-electron chi connectivity index (χ3n) is 2.76. The Labute approximate surface area is 126 Å². The average Bonchev–Trinajstić information content (AvgIpc) is 2.42. The SMILES string of the molecule is CC(C)COCCCNc1cnc(C(C)C)nc1C(=O)O. The summed E-state index contributed by atoms with van der Waals surface area (Å²) in [5.74, 6) is 0.117. The number of aromatic carboxylic acids is 1. The summed E-state index contributed by atoms with van der Waals surface area (Å²) in [7, 11) is 0. The topological polar surface area (TPSA) is 84.3 Å². The molecule has 0 fully saturated rings. The highest BCUT2D eigenvalue weighted by Gasteiger charge is 2.15. The summed E-state index contributed by atoms with van der Waals surface area (Å²) in [5, 5.41) is 12.3. The Bertz CT molecular complexity index is 461. The largest absolute Gasteiger partial charge is 0.476 e. The van der Waals surface area contributed by atoms with E-state index < -0.39 is 5.97 Å². The number of nitrogens with one attached hydrogen (secondary N) is 1. The second kappa shape index (κ2) is 8.56. The fourth-order valence-electron chi connectivity index (χ4n) is 1.68. The van der Waals surface area contributed by atoms with Crippen molar-refractivity contribution in [2.45, 2.75) is 40.0 Å². The predicted molar refractivity (Wildman–Crippen MR) is 81.8 cm³/mol. The van der Waals surface area contributed by atoms with E-state index in [1.165, 1.54) is 0 Å². The first-order chi connectivity index (χ1) is 9.91. The zero-order chi connectivity index (χ0) is 15.8. The summed E-state index contributed by atoms with van der Waals surface area (Å²) in [6.07, 6.45) is 2.35. The number of carbonyl (C=O) groups is 1. The fraction of sp³-hybridized carbons (Fsp3) is 0.667. The van der Waals surface area contributed by atoms with E-state index in [1.54, 1.807) is 6.20 Å². The van der Waals surface area contributed by atoms with Crippen molar-refractivity contribution in [3.05, 3.63) is 17.7 Å². The number of hydrogen-bond acceptors (Lipinski definition) is 5. The van der Waals surface area contributed by atoms with Gasteiger partial charge in [-0.15, -0.1) is 0 Å². The van der Waals surface area contributed by atoms with Crippen molar-refractivity contribution in [2.24, 2.45) is 5.92 Å². The number of carboxylic acid groups (broad SMARTS) is 1. The lowest BCUT2D eigenvalue weighted by molar-refractivity contribution is 0.0691. The average molecular weight is 295 g/mol. The second-order valence-electron chi connectivity index (χ2n) is 5.70. The molecule has 21 heavy (non-hydrogen) atoms. The van der Waals surface area contributed by atoms with E-state index in [-0.39, 0.29) is 11.6 Å². The highest BCUT2D eigenvalue weighted by molar-refractivity contribution is 5.91. The summed E-state index contributed by atoms with van der Waals surface area (Å²) in [4.78, 5) is 19.5. The minimum absolute atomic E-state index is 0.0248. The van der Waals surface area contributed by atoms with E-state index >= 15 is 0 Å². The normalized spacial score (nSPS) is 11.1. The van der Waals surface area contributed by atoms with Crippen LogP contribution in [0.5, 0.6) is 0 Å². The van der Waals surface area contributed by atoms with Crippen molar-refractivity contribution >= 4 is 11.7 Å². The molecule has 0 unspecified atom stereocenters. The van der Waals surface area contributed by atoms with Gasteiger partial charge in [0.2, 0.25) is 0 Å². The fourth-order valence-corrected chi connectivity index (χ4v) is 1.68. The van der Waals surface area contributed by atoms with Gasteiger partial charge in [-0.1, -0.05) is 27.7 Å². The minimum atomic E-state index is -1.04. The van der Waals surface area contributed by atoms with Crippen LogP contribution in [0.15, 0.2) is 6.20 Å². The molecule has 0 amide bonds. The maximum atomic E-state index is 11.3. The van der Waals surface area contributed by atoms with Crippen LogP contribution in [0.2, 0.25) is 0 Å². The first-order valence-electron chi connectivity index (χ1n) is 7.33. The lowest BCUT2D eigenvalue weighted by Crippen LogP contribution is -2.14. The summed E-state index contributed by atoms with van der Waals surface area (Å²) in [6.45, 7) is 10.1. The van der Waals surface area contributed by atoms with Crippen LogP contribution in [0.4, 0.5) is 5.69 Å². The van der Waals surface area contributed by atoms with Gasteiger partial charge < -0.3 is 15.2 Å². The van der Waals surface area contributed by atoms with E-state index in [0.29, 0.717) is 30.6 Å². The maximum absolute atomic E-state index is 11.3. The standard InChI is InChI=1S/C15H25N3O3/c1-10(2)9-21-7-5-6-16-12-8-17-14(11(3)4)18-13(12)15(19)20/h8,10-11,16H,5-7,9H2,1-4H3,(H,19,20). The van der Waals surface area contributed by atoms with E-state index in [0.717, 1.165) is 13.0 Å². The summed E-state index contributed by atoms with van der Waals surface area (Å²) >= 11 is 0. The Kier molecular flexibility index (Phi) is 7.08. The van der Waals surface area contributed by atoms with Crippen LogP contribution in [0.3, 0.4) is 0 Å². The number of aromatic nitrogens is 2. The molecule has 0 aliphatic heterocycles. The van der Waals surface area contributed by atoms with Gasteiger partial charge in [0.25, 0.3) is 0 Å². The highest BCUT2D eigenvalue weighted by atomic mass is 16.5. The van der Waals surface area contributed by atoms with Crippen LogP contribution in [-0.4, -0.2) is 40.8 Å². The van der Waals surface area contributed by atoms with Gasteiger partial charge in [0.05, 0.1) is 11.9 Å². The van der Waals surface area contributed by atoms with Crippen LogP contribution in [0.1, 0.15) is 56.3 Å². The molecule has 0 bridgehead atoms. The zero-order valence-corrected chi connectivity index (χ0v) is 13.2. The molecule has 0 aliphatic rings. The first-order valence-corrected chi connectivity index (χ1v) is 7.33. The highest BCUT2D eigenvalue weighted by Crippen LogP contribution is 2.16. The lowest BCUT2D eigenvalue weighted by atomic mass is 10.2. The Morgan fingerprint density at radius 1 is 1.38 bits per heavy atom. The van der Waals surface area contributed by atoms with Gasteiger partial charge in [-0.25, -0.2) is 14.8 Å². The number of nitrogens with zero attached hydrogens (tertiary/aromatic N) is 2. The van der Waals surface area contributed by atoms with Crippen molar-refractivity contribution in [1.29, 1.82) is 0 Å². The Balaban J connectivity index is 2.52. The molecule has 2 N–H and O–H groups in total. The van der Waals surface area contributed by atoms with Crippen LogP contribution in [0.25, 0.3) is 0 Å². The van der Waals surface area contributed by atoms with Gasteiger partial charge in [-0.3, -0.25) is 0 Å². The molecular weight excluding hydrogens is 270 g/mol. The molecule has 6 heteroatoms. The number of anilines is 1. The zero-order valence-electron chi connectivity index (χ0n) is 13.2. The molecule has 0 atom stereocenters.